The van der Waals surface area contributed by atoms with Crippen LogP contribution in [0.1, 0.15) is 31.2 Å². The summed E-state index contributed by atoms with van der Waals surface area (Å²) in [6.45, 7) is 2.89. The maximum atomic E-state index is 11.5. The van der Waals surface area contributed by atoms with E-state index in [-0.39, 0.29) is 18.6 Å². The molecule has 1 aliphatic heterocycles. The van der Waals surface area contributed by atoms with Crippen LogP contribution in [0.4, 0.5) is 5.69 Å². The summed E-state index contributed by atoms with van der Waals surface area (Å²) in [6, 6.07) is 18.5. The third kappa shape index (κ3) is 6.74. The van der Waals surface area contributed by atoms with E-state index in [9.17, 15) is 25.9 Å². The summed E-state index contributed by atoms with van der Waals surface area (Å²) < 4.78 is 71.0. The van der Waals surface area contributed by atoms with Crippen molar-refractivity contribution in [3.8, 4) is 0 Å². The van der Waals surface area contributed by atoms with Gasteiger partial charge in [0.1, 0.15) is 4.70 Å². The van der Waals surface area contributed by atoms with E-state index in [0.29, 0.717) is 13.1 Å². The number of anilines is 1. The molecular formula is C31H30N2O6S5. The van der Waals surface area contributed by atoms with Crippen LogP contribution < -0.4 is 9.47 Å². The normalized spacial score (nSPS) is 15.3. The number of hydrogen-bond donors (Lipinski definition) is 1. The third-order valence-electron chi connectivity index (χ3n) is 7.51. The van der Waals surface area contributed by atoms with E-state index in [2.05, 4.69) is 71.0 Å². The van der Waals surface area contributed by atoms with Gasteiger partial charge in [-0.25, -0.2) is 8.42 Å². The Morgan fingerprint density at radius 1 is 1.00 bits per heavy atom. The molecule has 0 fully saturated rings. The third-order valence-corrected chi connectivity index (χ3v) is 12.2. The molecule has 2 aromatic heterocycles. The molecule has 0 radical (unpaired) electrons. The Bertz CT molecular complexity index is 2160. The van der Waals surface area contributed by atoms with Crippen molar-refractivity contribution in [2.24, 2.45) is 0 Å². The second kappa shape index (κ2) is 12.5. The van der Waals surface area contributed by atoms with Crippen LogP contribution in [-0.4, -0.2) is 44.0 Å². The van der Waals surface area contributed by atoms with Crippen LogP contribution in [-0.2, 0) is 26.8 Å². The number of nitrogens with zero attached hydrogens (tertiary/aromatic N) is 2. The number of benzene rings is 3. The first-order chi connectivity index (χ1) is 21.0. The van der Waals surface area contributed by atoms with Crippen molar-refractivity contribution < 1.29 is 30.5 Å². The highest BCUT2D eigenvalue weighted by Crippen LogP contribution is 2.51. The topological polar surface area (TPSA) is 119 Å². The Hall–Kier alpha value is -2.78. The standard InChI is InChI=1S/C31H30N2O6S5/c1-2-21(20-28-33(15-6-18-44(37,38)39)30-26(42-28)12-10-23-13-16-40-31(23)30)19-27-32(14-5-17-43(34,35)36)29-24-8-4-3-7-22(24)9-11-25(29)41-27/h3-4,7-13,16,19-20H,2,5-6,14-15,17-18H2,1H3,(H-,34,35,36,37,38,39). The summed E-state index contributed by atoms with van der Waals surface area (Å²) in [7, 11) is -8.42. The molecule has 13 heteroatoms. The minimum Gasteiger partial charge on any atom is -0.748 e. The number of fused-ring (bicyclic) bond motifs is 6. The van der Waals surface area contributed by atoms with E-state index in [0.717, 1.165) is 63.7 Å². The number of thiophene rings is 1. The van der Waals surface area contributed by atoms with Gasteiger partial charge in [0.25, 0.3) is 15.1 Å². The minimum absolute atomic E-state index is 0.216. The molecule has 0 saturated carbocycles. The summed E-state index contributed by atoms with van der Waals surface area (Å²) >= 11 is 4.90. The molecule has 44 heavy (non-hydrogen) atoms. The first kappa shape index (κ1) is 31.2. The predicted molar refractivity (Wildman–Crippen MR) is 181 cm³/mol. The van der Waals surface area contributed by atoms with E-state index < -0.39 is 26.0 Å². The summed E-state index contributed by atoms with van der Waals surface area (Å²) in [6.07, 6.45) is 5.45. The molecule has 0 amide bonds. The van der Waals surface area contributed by atoms with Gasteiger partial charge in [-0.3, -0.25) is 4.55 Å². The van der Waals surface area contributed by atoms with Crippen LogP contribution in [0.25, 0.3) is 37.2 Å². The molecule has 230 valence electrons. The molecular weight excluding hydrogens is 657 g/mol. The van der Waals surface area contributed by atoms with Crippen molar-refractivity contribution in [1.82, 2.24) is 0 Å². The zero-order valence-electron chi connectivity index (χ0n) is 23.8. The van der Waals surface area contributed by atoms with Gasteiger partial charge in [0.05, 0.1) is 36.7 Å². The summed E-state index contributed by atoms with van der Waals surface area (Å²) in [5.74, 6) is -0.747. The van der Waals surface area contributed by atoms with Crippen molar-refractivity contribution in [3.05, 3.63) is 81.7 Å². The van der Waals surface area contributed by atoms with Crippen LogP contribution in [0.2, 0.25) is 0 Å². The Morgan fingerprint density at radius 2 is 1.80 bits per heavy atom. The number of aromatic nitrogens is 1. The van der Waals surface area contributed by atoms with Gasteiger partial charge in [0, 0.05) is 29.7 Å². The van der Waals surface area contributed by atoms with Gasteiger partial charge in [-0.05, 0) is 64.9 Å². The quantitative estimate of drug-likeness (QED) is 0.116. The maximum absolute atomic E-state index is 11.5. The van der Waals surface area contributed by atoms with Gasteiger partial charge in [-0.15, -0.1) is 11.3 Å². The van der Waals surface area contributed by atoms with Gasteiger partial charge in [0.2, 0.25) is 5.52 Å². The van der Waals surface area contributed by atoms with Crippen molar-refractivity contribution in [1.29, 1.82) is 0 Å². The van der Waals surface area contributed by atoms with E-state index in [1.54, 1.807) is 34.4 Å². The van der Waals surface area contributed by atoms with Crippen LogP contribution in [0.15, 0.2) is 81.6 Å². The first-order valence-corrected chi connectivity index (χ1v) is 19.8. The first-order valence-electron chi connectivity index (χ1n) is 14.1. The van der Waals surface area contributed by atoms with E-state index in [1.807, 2.05) is 17.5 Å². The highest BCUT2D eigenvalue weighted by Gasteiger charge is 2.28. The summed E-state index contributed by atoms with van der Waals surface area (Å²) in [5, 5.41) is 7.25. The van der Waals surface area contributed by atoms with Crippen LogP contribution in [0.3, 0.4) is 0 Å². The molecule has 1 N–H and O–H groups in total. The lowest BCUT2D eigenvalue weighted by atomic mass is 10.1. The van der Waals surface area contributed by atoms with Crippen molar-refractivity contribution in [2.75, 3.05) is 23.0 Å². The number of allylic oxidation sites excluding steroid dienone is 2. The smallest absolute Gasteiger partial charge is 0.265 e. The van der Waals surface area contributed by atoms with Crippen LogP contribution in [0.5, 0.6) is 0 Å². The Kier molecular flexibility index (Phi) is 8.90. The van der Waals surface area contributed by atoms with E-state index in [1.165, 1.54) is 0 Å². The molecule has 3 aromatic carbocycles. The zero-order chi connectivity index (χ0) is 31.1. The van der Waals surface area contributed by atoms with Crippen molar-refractivity contribution in [2.45, 2.75) is 37.6 Å². The monoisotopic (exact) mass is 686 g/mol. The molecule has 5 aromatic rings. The fraction of sp³-hybridized carbons (Fsp3) is 0.258. The van der Waals surface area contributed by atoms with Gasteiger partial charge in [-0.1, -0.05) is 60.4 Å². The Labute approximate surface area is 268 Å². The Balaban J connectivity index is 1.43. The molecule has 0 aliphatic carbocycles. The predicted octanol–water partition coefficient (Wildman–Crippen LogP) is 7.02. The molecule has 6 rings (SSSR count). The summed E-state index contributed by atoms with van der Waals surface area (Å²) in [4.78, 5) is 3.21. The maximum Gasteiger partial charge on any atom is 0.265 e. The Morgan fingerprint density at radius 3 is 2.57 bits per heavy atom. The van der Waals surface area contributed by atoms with Crippen molar-refractivity contribution in [3.63, 3.8) is 0 Å². The fourth-order valence-corrected chi connectivity index (χ4v) is 9.87. The van der Waals surface area contributed by atoms with Gasteiger partial charge >= 0.3 is 0 Å². The van der Waals surface area contributed by atoms with E-state index >= 15 is 0 Å². The molecule has 1 aliphatic rings. The number of aryl methyl sites for hydroxylation is 1. The van der Waals surface area contributed by atoms with E-state index in [4.69, 9.17) is 0 Å². The molecule has 0 spiro atoms. The number of thioether (sulfide) groups is 1. The SMILES string of the molecule is CCC(=Cc1sc2ccc3ccccc3c2[n+]1CCCS(=O)(=O)O)C=C1Sc2ccc3ccsc3c2N1CCCS(=O)(=O)[O-]. The molecule has 8 nitrogen and oxygen atoms in total. The second-order valence-corrected chi connectivity index (χ2v) is 16.7. The molecule has 0 unspecified atom stereocenters. The fourth-order valence-electron chi connectivity index (χ4n) is 5.52. The lowest BCUT2D eigenvalue weighted by molar-refractivity contribution is -0.667. The minimum atomic E-state index is -4.33. The molecule has 0 bridgehead atoms. The summed E-state index contributed by atoms with van der Waals surface area (Å²) in [5.41, 5.74) is 3.12. The number of thiazole rings is 1. The van der Waals surface area contributed by atoms with Crippen molar-refractivity contribution >= 4 is 97.5 Å². The van der Waals surface area contributed by atoms with Gasteiger partial charge in [-0.2, -0.15) is 13.0 Å². The highest BCUT2D eigenvalue weighted by atomic mass is 32.2. The average molecular weight is 687 g/mol. The lowest BCUT2D eigenvalue weighted by Crippen LogP contribution is -2.36. The van der Waals surface area contributed by atoms with Crippen LogP contribution in [0, 0.1) is 0 Å². The van der Waals surface area contributed by atoms with Crippen LogP contribution >= 0.6 is 34.4 Å². The number of hydrogen-bond acceptors (Lipinski definition) is 9. The van der Waals surface area contributed by atoms with Gasteiger partial charge < -0.3 is 9.45 Å². The molecule has 0 atom stereocenters. The average Bonchev–Trinajstić information content (AvgIpc) is 3.67. The lowest BCUT2D eigenvalue weighted by Gasteiger charge is -2.22. The molecule has 0 saturated heterocycles. The second-order valence-electron chi connectivity index (χ2n) is 10.5. The largest absolute Gasteiger partial charge is 0.748 e. The zero-order valence-corrected chi connectivity index (χ0v) is 27.9. The highest BCUT2D eigenvalue weighted by molar-refractivity contribution is 8.03. The molecule has 3 heterocycles. The number of rotatable bonds is 11. The van der Waals surface area contributed by atoms with Gasteiger partial charge in [0.15, 0.2) is 6.54 Å².